The van der Waals surface area contributed by atoms with Crippen molar-refractivity contribution in [3.8, 4) is 0 Å². The van der Waals surface area contributed by atoms with Gasteiger partial charge in [-0.05, 0) is 85.7 Å². The predicted molar refractivity (Wildman–Crippen MR) is 130 cm³/mol. The van der Waals surface area contributed by atoms with Gasteiger partial charge in [-0.15, -0.1) is 0 Å². The van der Waals surface area contributed by atoms with E-state index in [0.29, 0.717) is 19.0 Å². The van der Waals surface area contributed by atoms with Gasteiger partial charge in [-0.2, -0.15) is 0 Å². The van der Waals surface area contributed by atoms with Crippen LogP contribution in [0.2, 0.25) is 0 Å². The van der Waals surface area contributed by atoms with Gasteiger partial charge < -0.3 is 15.0 Å². The number of ether oxygens (including phenoxy) is 1. The van der Waals surface area contributed by atoms with Crippen molar-refractivity contribution in [2.75, 3.05) is 24.6 Å². The molecule has 6 rings (SSSR count). The number of carbonyl (C=O) groups excluding carboxylic acids is 3. The first-order valence-corrected chi connectivity index (χ1v) is 13.2. The molecular formula is C28H38N2O4. The lowest BCUT2D eigenvalue weighted by atomic mass is 9.49. The maximum atomic E-state index is 12.7. The van der Waals surface area contributed by atoms with E-state index in [0.717, 1.165) is 35.4 Å². The lowest BCUT2D eigenvalue weighted by Crippen LogP contribution is -2.51. The highest BCUT2D eigenvalue weighted by atomic mass is 16.5. The fourth-order valence-corrected chi connectivity index (χ4v) is 7.57. The summed E-state index contributed by atoms with van der Waals surface area (Å²) in [5, 5.41) is 3.06. The van der Waals surface area contributed by atoms with Crippen LogP contribution in [0.5, 0.6) is 0 Å². The zero-order chi connectivity index (χ0) is 23.9. The van der Waals surface area contributed by atoms with Gasteiger partial charge in [0.25, 0.3) is 5.91 Å². The molecule has 5 fully saturated rings. The number of rotatable bonds is 8. The minimum Gasteiger partial charge on any atom is -0.455 e. The average molecular weight is 467 g/mol. The van der Waals surface area contributed by atoms with Gasteiger partial charge in [0.05, 0.1) is 5.92 Å². The topological polar surface area (TPSA) is 75.7 Å². The van der Waals surface area contributed by atoms with E-state index >= 15 is 0 Å². The molecule has 1 heterocycles. The summed E-state index contributed by atoms with van der Waals surface area (Å²) in [4.78, 5) is 39.6. The van der Waals surface area contributed by atoms with E-state index in [1.165, 1.54) is 38.5 Å². The third-order valence-electron chi connectivity index (χ3n) is 9.00. The second-order valence-electron chi connectivity index (χ2n) is 11.6. The first kappa shape index (κ1) is 23.4. The Morgan fingerprint density at radius 3 is 2.41 bits per heavy atom. The van der Waals surface area contributed by atoms with Gasteiger partial charge in [0.2, 0.25) is 5.91 Å². The second-order valence-corrected chi connectivity index (χ2v) is 11.6. The maximum Gasteiger partial charge on any atom is 0.311 e. The van der Waals surface area contributed by atoms with Crippen molar-refractivity contribution in [1.29, 1.82) is 0 Å². The van der Waals surface area contributed by atoms with Crippen LogP contribution >= 0.6 is 0 Å². The van der Waals surface area contributed by atoms with Gasteiger partial charge >= 0.3 is 5.97 Å². The lowest BCUT2D eigenvalue weighted by Gasteiger charge is -2.56. The molecule has 34 heavy (non-hydrogen) atoms. The molecule has 6 nitrogen and oxygen atoms in total. The van der Waals surface area contributed by atoms with Crippen LogP contribution in [0.15, 0.2) is 24.3 Å². The molecule has 1 aliphatic heterocycles. The van der Waals surface area contributed by atoms with Gasteiger partial charge in [-0.3, -0.25) is 14.4 Å². The third kappa shape index (κ3) is 4.60. The van der Waals surface area contributed by atoms with Crippen molar-refractivity contribution < 1.29 is 19.1 Å². The summed E-state index contributed by atoms with van der Waals surface area (Å²) in [7, 11) is 0. The van der Waals surface area contributed by atoms with Crippen molar-refractivity contribution in [3.63, 3.8) is 0 Å². The molecule has 4 saturated carbocycles. The third-order valence-corrected chi connectivity index (χ3v) is 9.00. The Hall–Kier alpha value is -2.37. The zero-order valence-corrected chi connectivity index (χ0v) is 20.6. The van der Waals surface area contributed by atoms with Crippen LogP contribution in [0.4, 0.5) is 5.69 Å². The first-order valence-electron chi connectivity index (χ1n) is 13.2. The first-order chi connectivity index (χ1) is 16.4. The van der Waals surface area contributed by atoms with E-state index in [1.807, 2.05) is 18.2 Å². The van der Waals surface area contributed by atoms with E-state index in [1.54, 1.807) is 4.90 Å². The van der Waals surface area contributed by atoms with Crippen LogP contribution in [0.25, 0.3) is 0 Å². The summed E-state index contributed by atoms with van der Waals surface area (Å²) in [5.41, 5.74) is 2.26. The van der Waals surface area contributed by atoms with Crippen LogP contribution in [0.3, 0.4) is 0 Å². The molecule has 2 atom stereocenters. The second kappa shape index (κ2) is 9.35. The predicted octanol–water partition coefficient (Wildman–Crippen LogP) is 4.43. The molecular weight excluding hydrogens is 428 g/mol. The number of nitrogens with one attached hydrogen (secondary N) is 1. The number of hydrogen-bond acceptors (Lipinski definition) is 4. The fraction of sp³-hybridized carbons (Fsp3) is 0.679. The van der Waals surface area contributed by atoms with Crippen molar-refractivity contribution >= 4 is 23.5 Å². The standard InChI is InChI=1S/C28H38N2O4/c1-3-18(2)23-6-4-5-7-24(23)30-15-22(11-26(30)32)27(33)34-16-25(31)29-17-28-12-19-8-20(13-28)10-21(9-19)14-28/h4-7,18-22H,3,8-17H2,1-2H3,(H,29,31)/t18-,19?,20?,21?,22+,28?/m0/s1. The smallest absolute Gasteiger partial charge is 0.311 e. The average Bonchev–Trinajstić information content (AvgIpc) is 3.21. The summed E-state index contributed by atoms with van der Waals surface area (Å²) >= 11 is 0. The molecule has 1 saturated heterocycles. The van der Waals surface area contributed by atoms with E-state index in [2.05, 4.69) is 25.2 Å². The number of benzene rings is 1. The van der Waals surface area contributed by atoms with E-state index < -0.39 is 11.9 Å². The van der Waals surface area contributed by atoms with Crippen molar-refractivity contribution in [2.45, 2.75) is 71.1 Å². The largest absolute Gasteiger partial charge is 0.455 e. The molecule has 4 aliphatic carbocycles. The van der Waals surface area contributed by atoms with E-state index in [4.69, 9.17) is 4.74 Å². The number of esters is 1. The summed E-state index contributed by atoms with van der Waals surface area (Å²) in [6.45, 7) is 5.02. The van der Waals surface area contributed by atoms with Gasteiger partial charge in [-0.1, -0.05) is 32.0 Å². The normalized spacial score (nSPS) is 32.6. The molecule has 4 bridgehead atoms. The Bertz CT molecular complexity index is 922. The van der Waals surface area contributed by atoms with Crippen LogP contribution in [0.1, 0.15) is 76.7 Å². The van der Waals surface area contributed by atoms with Crippen LogP contribution in [0, 0.1) is 29.1 Å². The number of carbonyl (C=O) groups is 3. The van der Waals surface area contributed by atoms with Crippen LogP contribution in [-0.4, -0.2) is 37.5 Å². The Balaban J connectivity index is 1.12. The van der Waals surface area contributed by atoms with Gasteiger partial charge in [0, 0.05) is 25.2 Å². The van der Waals surface area contributed by atoms with Crippen molar-refractivity contribution in [3.05, 3.63) is 29.8 Å². The molecule has 1 N–H and O–H groups in total. The molecule has 0 aromatic heterocycles. The lowest BCUT2D eigenvalue weighted by molar-refractivity contribution is -0.152. The highest BCUT2D eigenvalue weighted by molar-refractivity contribution is 6.00. The summed E-state index contributed by atoms with van der Waals surface area (Å²) in [5.74, 6) is 1.57. The molecule has 1 aromatic rings. The summed E-state index contributed by atoms with van der Waals surface area (Å²) in [6.07, 6.45) is 8.94. The number of anilines is 1. The minimum atomic E-state index is -0.534. The molecule has 1 aromatic carbocycles. The molecule has 0 spiro atoms. The molecule has 5 aliphatic rings. The Kier molecular flexibility index (Phi) is 6.43. The molecule has 6 heteroatoms. The fourth-order valence-electron chi connectivity index (χ4n) is 7.57. The molecule has 2 amide bonds. The number of para-hydroxylation sites is 1. The number of hydrogen-bond donors (Lipinski definition) is 1. The van der Waals surface area contributed by atoms with Crippen molar-refractivity contribution in [1.82, 2.24) is 5.32 Å². The monoisotopic (exact) mass is 466 g/mol. The van der Waals surface area contributed by atoms with E-state index in [-0.39, 0.29) is 30.3 Å². The highest BCUT2D eigenvalue weighted by Gasteiger charge is 2.50. The molecule has 0 unspecified atom stereocenters. The van der Waals surface area contributed by atoms with Crippen molar-refractivity contribution in [2.24, 2.45) is 29.1 Å². The van der Waals surface area contributed by atoms with Gasteiger partial charge in [0.15, 0.2) is 6.61 Å². The van der Waals surface area contributed by atoms with Crippen LogP contribution in [-0.2, 0) is 19.1 Å². The Morgan fingerprint density at radius 2 is 1.76 bits per heavy atom. The van der Waals surface area contributed by atoms with Gasteiger partial charge in [0.1, 0.15) is 0 Å². The summed E-state index contributed by atoms with van der Waals surface area (Å²) < 4.78 is 5.36. The Morgan fingerprint density at radius 1 is 1.12 bits per heavy atom. The zero-order valence-electron chi connectivity index (χ0n) is 20.6. The SMILES string of the molecule is CC[C@H](C)c1ccccc1N1C[C@H](C(=O)OCC(=O)NCC23CC4CC(CC(C4)C2)C3)CC1=O. The highest BCUT2D eigenvalue weighted by Crippen LogP contribution is 2.59. The molecule has 0 radical (unpaired) electrons. The number of amides is 2. The minimum absolute atomic E-state index is 0.0658. The van der Waals surface area contributed by atoms with E-state index in [9.17, 15) is 14.4 Å². The summed E-state index contributed by atoms with van der Waals surface area (Å²) in [6, 6.07) is 7.91. The van der Waals surface area contributed by atoms with Gasteiger partial charge in [-0.25, -0.2) is 0 Å². The maximum absolute atomic E-state index is 12.7. The Labute approximate surface area is 202 Å². The van der Waals surface area contributed by atoms with Crippen LogP contribution < -0.4 is 10.2 Å². The molecule has 184 valence electrons. The number of nitrogens with zero attached hydrogens (tertiary/aromatic N) is 1. The quantitative estimate of drug-likeness (QED) is 0.575.